The van der Waals surface area contributed by atoms with E-state index in [1.54, 1.807) is 6.92 Å². The molecule has 0 heterocycles. The smallest absolute Gasteiger partial charge is 0.251 e. The number of carbonyl (C=O) groups is 1. The molecule has 6 heteroatoms. The van der Waals surface area contributed by atoms with Crippen molar-refractivity contribution in [2.24, 2.45) is 10.9 Å². The number of oxime groups is 1. The first-order valence-electron chi connectivity index (χ1n) is 4.80. The normalized spacial score (nSPS) is 15.8. The van der Waals surface area contributed by atoms with E-state index in [1.165, 1.54) is 7.11 Å². The molecule has 0 bridgehead atoms. The van der Waals surface area contributed by atoms with Gasteiger partial charge in [0.25, 0.3) is 5.91 Å². The molecule has 0 rings (SSSR count). The molecule has 0 saturated heterocycles. The summed E-state index contributed by atoms with van der Waals surface area (Å²) in [7, 11) is 1.49. The third-order valence-corrected chi connectivity index (χ3v) is 2.40. The summed E-state index contributed by atoms with van der Waals surface area (Å²) in [6.45, 7) is 3.91. The molecule has 0 aromatic carbocycles. The summed E-state index contributed by atoms with van der Waals surface area (Å²) in [4.78, 5) is 11.6. The number of amides is 1. The van der Waals surface area contributed by atoms with E-state index in [2.05, 4.69) is 10.5 Å². The van der Waals surface area contributed by atoms with Crippen molar-refractivity contribution in [3.63, 3.8) is 0 Å². The summed E-state index contributed by atoms with van der Waals surface area (Å²) < 4.78 is 5.11. The van der Waals surface area contributed by atoms with Gasteiger partial charge in [0.2, 0.25) is 0 Å². The van der Waals surface area contributed by atoms with Crippen molar-refractivity contribution in [1.29, 1.82) is 0 Å². The molecular weight excluding hydrogens is 198 g/mol. The Hall–Kier alpha value is -1.30. The fourth-order valence-corrected chi connectivity index (χ4v) is 0.939. The molecule has 0 aliphatic heterocycles. The lowest BCUT2D eigenvalue weighted by Crippen LogP contribution is -2.46. The lowest BCUT2D eigenvalue weighted by molar-refractivity contribution is -0.141. The lowest BCUT2D eigenvalue weighted by atomic mass is 10.0. The van der Waals surface area contributed by atoms with Gasteiger partial charge in [-0.05, 0) is 13.3 Å². The van der Waals surface area contributed by atoms with E-state index in [0.717, 1.165) is 0 Å². The third kappa shape index (κ3) is 4.16. The van der Waals surface area contributed by atoms with Gasteiger partial charge in [0, 0.05) is 20.1 Å². The number of nitrogens with zero attached hydrogens (tertiary/aromatic N) is 1. The summed E-state index contributed by atoms with van der Waals surface area (Å²) in [5, 5.41) is 13.7. The number of rotatable bonds is 6. The van der Waals surface area contributed by atoms with Gasteiger partial charge in [-0.3, -0.25) is 4.79 Å². The van der Waals surface area contributed by atoms with Crippen LogP contribution in [-0.2, 0) is 9.53 Å². The highest BCUT2D eigenvalue weighted by Gasteiger charge is 2.30. The monoisotopic (exact) mass is 217 g/mol. The fourth-order valence-electron chi connectivity index (χ4n) is 0.939. The van der Waals surface area contributed by atoms with Crippen molar-refractivity contribution in [2.45, 2.75) is 32.3 Å². The highest BCUT2D eigenvalue weighted by atomic mass is 16.5. The predicted octanol–water partition coefficient (Wildman–Crippen LogP) is 0.0542. The van der Waals surface area contributed by atoms with Gasteiger partial charge < -0.3 is 21.0 Å². The van der Waals surface area contributed by atoms with E-state index >= 15 is 0 Å². The SMILES string of the molecule is CCC(C)(OC)C(=O)NCCC(N)=NO. The van der Waals surface area contributed by atoms with Crippen LogP contribution in [0.15, 0.2) is 5.16 Å². The van der Waals surface area contributed by atoms with E-state index < -0.39 is 5.60 Å². The Bertz CT molecular complexity index is 237. The second-order valence-corrected chi connectivity index (χ2v) is 3.39. The summed E-state index contributed by atoms with van der Waals surface area (Å²) in [6, 6.07) is 0. The fraction of sp³-hybridized carbons (Fsp3) is 0.778. The zero-order valence-corrected chi connectivity index (χ0v) is 9.41. The van der Waals surface area contributed by atoms with Crippen molar-refractivity contribution in [2.75, 3.05) is 13.7 Å². The minimum absolute atomic E-state index is 0.0888. The van der Waals surface area contributed by atoms with Crippen LogP contribution in [0.5, 0.6) is 0 Å². The van der Waals surface area contributed by atoms with Crippen molar-refractivity contribution in [1.82, 2.24) is 5.32 Å². The third-order valence-electron chi connectivity index (χ3n) is 2.40. The van der Waals surface area contributed by atoms with Gasteiger partial charge >= 0.3 is 0 Å². The summed E-state index contributed by atoms with van der Waals surface area (Å²) in [5.74, 6) is -0.107. The van der Waals surface area contributed by atoms with E-state index in [1.807, 2.05) is 6.92 Å². The average molecular weight is 217 g/mol. The molecule has 0 aromatic rings. The van der Waals surface area contributed by atoms with Gasteiger partial charge in [-0.15, -0.1) is 0 Å². The van der Waals surface area contributed by atoms with Crippen LogP contribution < -0.4 is 11.1 Å². The molecule has 1 unspecified atom stereocenters. The number of ether oxygens (including phenoxy) is 1. The minimum Gasteiger partial charge on any atom is -0.409 e. The maximum absolute atomic E-state index is 11.6. The maximum atomic E-state index is 11.6. The molecule has 6 nitrogen and oxygen atoms in total. The molecule has 0 spiro atoms. The van der Waals surface area contributed by atoms with Crippen LogP contribution in [0.25, 0.3) is 0 Å². The molecule has 0 aromatic heterocycles. The van der Waals surface area contributed by atoms with Crippen LogP contribution in [0.1, 0.15) is 26.7 Å². The Kier molecular flexibility index (Phi) is 5.69. The topological polar surface area (TPSA) is 96.9 Å². The summed E-state index contributed by atoms with van der Waals surface area (Å²) in [5.41, 5.74) is 4.44. The van der Waals surface area contributed by atoms with Crippen molar-refractivity contribution in [3.8, 4) is 0 Å². The number of nitrogens with two attached hydrogens (primary N) is 1. The molecule has 0 aliphatic carbocycles. The predicted molar refractivity (Wildman–Crippen MR) is 56.7 cm³/mol. The van der Waals surface area contributed by atoms with Crippen LogP contribution >= 0.6 is 0 Å². The first kappa shape index (κ1) is 13.7. The van der Waals surface area contributed by atoms with Gasteiger partial charge in [-0.1, -0.05) is 12.1 Å². The summed E-state index contributed by atoms with van der Waals surface area (Å²) in [6.07, 6.45) is 0.894. The highest BCUT2D eigenvalue weighted by molar-refractivity contribution is 5.85. The van der Waals surface area contributed by atoms with Gasteiger partial charge in [-0.2, -0.15) is 0 Å². The number of carbonyl (C=O) groups excluding carboxylic acids is 1. The maximum Gasteiger partial charge on any atom is 0.251 e. The van der Waals surface area contributed by atoms with Gasteiger partial charge in [0.15, 0.2) is 0 Å². The van der Waals surface area contributed by atoms with Crippen molar-refractivity contribution >= 4 is 11.7 Å². The standard InChI is InChI=1S/C9H19N3O3/c1-4-9(2,15-3)8(13)11-6-5-7(10)12-14/h14H,4-6H2,1-3H3,(H2,10,12)(H,11,13). The van der Waals surface area contributed by atoms with Crippen molar-refractivity contribution in [3.05, 3.63) is 0 Å². The van der Waals surface area contributed by atoms with E-state index in [-0.39, 0.29) is 11.7 Å². The zero-order valence-electron chi connectivity index (χ0n) is 9.41. The molecule has 88 valence electrons. The number of methoxy groups -OCH3 is 1. The summed E-state index contributed by atoms with van der Waals surface area (Å²) >= 11 is 0. The Morgan fingerprint density at radius 3 is 2.67 bits per heavy atom. The van der Waals surface area contributed by atoms with Crippen LogP contribution in [0.4, 0.5) is 0 Å². The molecule has 4 N–H and O–H groups in total. The molecule has 1 atom stereocenters. The number of hydrogen-bond donors (Lipinski definition) is 3. The van der Waals surface area contributed by atoms with Crippen molar-refractivity contribution < 1.29 is 14.7 Å². The molecule has 0 fully saturated rings. The molecular formula is C9H19N3O3. The second kappa shape index (κ2) is 6.23. The number of nitrogens with one attached hydrogen (secondary N) is 1. The first-order valence-corrected chi connectivity index (χ1v) is 4.80. The van der Waals surface area contributed by atoms with Crippen LogP contribution in [0.3, 0.4) is 0 Å². The van der Waals surface area contributed by atoms with Gasteiger partial charge in [0.1, 0.15) is 11.4 Å². The highest BCUT2D eigenvalue weighted by Crippen LogP contribution is 2.13. The Balaban J connectivity index is 4.03. The molecule has 0 radical (unpaired) electrons. The Morgan fingerprint density at radius 2 is 2.27 bits per heavy atom. The second-order valence-electron chi connectivity index (χ2n) is 3.39. The van der Waals surface area contributed by atoms with Gasteiger partial charge in [0.05, 0.1) is 0 Å². The molecule has 15 heavy (non-hydrogen) atoms. The Morgan fingerprint density at radius 1 is 1.67 bits per heavy atom. The van der Waals surface area contributed by atoms with Crippen LogP contribution in [-0.4, -0.2) is 36.2 Å². The largest absolute Gasteiger partial charge is 0.409 e. The van der Waals surface area contributed by atoms with E-state index in [0.29, 0.717) is 19.4 Å². The first-order chi connectivity index (χ1) is 7.00. The number of amidine groups is 1. The molecule has 0 aliphatic rings. The van der Waals surface area contributed by atoms with Crippen LogP contribution in [0.2, 0.25) is 0 Å². The van der Waals surface area contributed by atoms with E-state index in [4.69, 9.17) is 15.7 Å². The zero-order chi connectivity index (χ0) is 11.9. The van der Waals surface area contributed by atoms with E-state index in [9.17, 15) is 4.79 Å². The number of hydrogen-bond acceptors (Lipinski definition) is 4. The Labute approximate surface area is 89.5 Å². The molecule has 1 amide bonds. The molecule has 0 saturated carbocycles. The lowest BCUT2D eigenvalue weighted by Gasteiger charge is -2.25. The van der Waals surface area contributed by atoms with Gasteiger partial charge in [-0.25, -0.2) is 0 Å². The average Bonchev–Trinajstić information content (AvgIpc) is 2.27. The minimum atomic E-state index is -0.814. The quantitative estimate of drug-likeness (QED) is 0.253. The van der Waals surface area contributed by atoms with Crippen LogP contribution in [0, 0.1) is 0 Å².